The number of carbonyl (C=O) groups excluding carboxylic acids is 1. The number of nitrogens with zero attached hydrogens (tertiary/aromatic N) is 2. The van der Waals surface area contributed by atoms with Gasteiger partial charge in [0.05, 0.1) is 5.02 Å². The minimum atomic E-state index is -0.363. The van der Waals surface area contributed by atoms with Crippen LogP contribution in [0.25, 0.3) is 0 Å². The molecule has 0 spiro atoms. The summed E-state index contributed by atoms with van der Waals surface area (Å²) in [5.41, 5.74) is 6.62. The second-order valence-corrected chi connectivity index (χ2v) is 6.78. The Morgan fingerprint density at radius 1 is 1.04 bits per heavy atom. The van der Waals surface area contributed by atoms with E-state index in [9.17, 15) is 4.79 Å². The molecular weight excluding hydrogens is 350 g/mol. The molecule has 6 heteroatoms. The Bertz CT molecular complexity index is 718. The zero-order chi connectivity index (χ0) is 18.4. The third-order valence-corrected chi connectivity index (χ3v) is 4.97. The summed E-state index contributed by atoms with van der Waals surface area (Å²) in [5.74, 6) is 0.414. The van der Waals surface area contributed by atoms with Crippen molar-refractivity contribution in [1.82, 2.24) is 9.80 Å². The van der Waals surface area contributed by atoms with Gasteiger partial charge < -0.3 is 10.5 Å². The molecule has 0 radical (unpaired) electrons. The lowest BCUT2D eigenvalue weighted by atomic mass is 10.0. The normalized spacial score (nSPS) is 17.0. The fourth-order valence-electron chi connectivity index (χ4n) is 3.28. The molecular formula is C20H24ClN3O2. The molecule has 1 unspecified atom stereocenters. The number of benzene rings is 2. The van der Waals surface area contributed by atoms with Crippen LogP contribution >= 0.6 is 11.6 Å². The number of amides is 1. The standard InChI is InChI=1S/C20H24ClN3O2/c21-17-8-4-5-9-18(17)26-15-14-23-10-12-24(13-11-23)19(20(22)25)16-6-2-1-3-7-16/h1-9,19H,10-15H2,(H2,22,25). The van der Waals surface area contributed by atoms with Crippen LogP contribution in [0.3, 0.4) is 0 Å². The molecule has 1 atom stereocenters. The second kappa shape index (κ2) is 9.03. The third kappa shape index (κ3) is 4.75. The highest BCUT2D eigenvalue weighted by atomic mass is 35.5. The number of para-hydroxylation sites is 1. The molecule has 26 heavy (non-hydrogen) atoms. The zero-order valence-corrected chi connectivity index (χ0v) is 15.4. The molecule has 0 saturated carbocycles. The topological polar surface area (TPSA) is 58.8 Å². The van der Waals surface area contributed by atoms with Gasteiger partial charge in [0.1, 0.15) is 18.4 Å². The van der Waals surface area contributed by atoms with E-state index < -0.39 is 0 Å². The summed E-state index contributed by atoms with van der Waals surface area (Å²) >= 11 is 6.10. The first-order valence-corrected chi connectivity index (χ1v) is 9.21. The van der Waals surface area contributed by atoms with E-state index in [1.165, 1.54) is 0 Å². The van der Waals surface area contributed by atoms with Crippen LogP contribution in [0.15, 0.2) is 54.6 Å². The Balaban J connectivity index is 1.49. The Kier molecular flexibility index (Phi) is 6.50. The SMILES string of the molecule is NC(=O)C(c1ccccc1)N1CCN(CCOc2ccccc2Cl)CC1. The summed E-state index contributed by atoms with van der Waals surface area (Å²) in [6.07, 6.45) is 0. The van der Waals surface area contributed by atoms with Gasteiger partial charge in [-0.1, -0.05) is 54.1 Å². The largest absolute Gasteiger partial charge is 0.491 e. The lowest BCUT2D eigenvalue weighted by Gasteiger charge is -2.38. The van der Waals surface area contributed by atoms with Crippen molar-refractivity contribution < 1.29 is 9.53 Å². The molecule has 2 aromatic rings. The zero-order valence-electron chi connectivity index (χ0n) is 14.7. The highest BCUT2D eigenvalue weighted by Gasteiger charge is 2.28. The fourth-order valence-corrected chi connectivity index (χ4v) is 3.47. The van der Waals surface area contributed by atoms with E-state index in [-0.39, 0.29) is 11.9 Å². The van der Waals surface area contributed by atoms with E-state index in [0.29, 0.717) is 17.4 Å². The fraction of sp³-hybridized carbons (Fsp3) is 0.350. The number of piperazine rings is 1. The van der Waals surface area contributed by atoms with Crippen molar-refractivity contribution in [3.05, 3.63) is 65.2 Å². The van der Waals surface area contributed by atoms with Gasteiger partial charge in [-0.2, -0.15) is 0 Å². The number of carbonyl (C=O) groups is 1. The van der Waals surface area contributed by atoms with Gasteiger partial charge in [0.2, 0.25) is 5.91 Å². The molecule has 0 aliphatic carbocycles. The maximum Gasteiger partial charge on any atom is 0.239 e. The van der Waals surface area contributed by atoms with E-state index in [4.69, 9.17) is 22.1 Å². The number of primary amides is 1. The molecule has 1 heterocycles. The summed E-state index contributed by atoms with van der Waals surface area (Å²) < 4.78 is 5.76. The first-order chi connectivity index (χ1) is 12.6. The predicted octanol–water partition coefficient (Wildman–Crippen LogP) is 2.56. The highest BCUT2D eigenvalue weighted by molar-refractivity contribution is 6.32. The third-order valence-electron chi connectivity index (χ3n) is 4.66. The molecule has 1 fully saturated rings. The number of ether oxygens (including phenoxy) is 1. The molecule has 2 aromatic carbocycles. The van der Waals surface area contributed by atoms with Crippen molar-refractivity contribution >= 4 is 17.5 Å². The van der Waals surface area contributed by atoms with Crippen LogP contribution in [-0.2, 0) is 4.79 Å². The maximum absolute atomic E-state index is 12.0. The number of hydrogen-bond acceptors (Lipinski definition) is 4. The molecule has 0 bridgehead atoms. The van der Waals surface area contributed by atoms with Crippen LogP contribution in [0.4, 0.5) is 0 Å². The monoisotopic (exact) mass is 373 g/mol. The van der Waals surface area contributed by atoms with Crippen LogP contribution in [0.1, 0.15) is 11.6 Å². The van der Waals surface area contributed by atoms with Crippen molar-refractivity contribution in [3.63, 3.8) is 0 Å². The molecule has 0 aromatic heterocycles. The van der Waals surface area contributed by atoms with Crippen LogP contribution in [0.2, 0.25) is 5.02 Å². The van der Waals surface area contributed by atoms with E-state index in [2.05, 4.69) is 9.80 Å². The minimum Gasteiger partial charge on any atom is -0.491 e. The first kappa shape index (κ1) is 18.7. The van der Waals surface area contributed by atoms with Gasteiger partial charge >= 0.3 is 0 Å². The number of hydrogen-bond donors (Lipinski definition) is 1. The van der Waals surface area contributed by atoms with Gasteiger partial charge in [-0.15, -0.1) is 0 Å². The molecule has 138 valence electrons. The van der Waals surface area contributed by atoms with Crippen LogP contribution < -0.4 is 10.5 Å². The lowest BCUT2D eigenvalue weighted by Crippen LogP contribution is -2.51. The first-order valence-electron chi connectivity index (χ1n) is 8.83. The summed E-state index contributed by atoms with van der Waals surface area (Å²) in [6.45, 7) is 4.77. The molecule has 1 aliphatic heterocycles. The average Bonchev–Trinajstić information content (AvgIpc) is 2.65. The Hall–Kier alpha value is -2.08. The summed E-state index contributed by atoms with van der Waals surface area (Å²) in [6, 6.07) is 16.9. The van der Waals surface area contributed by atoms with Crippen LogP contribution in [-0.4, -0.2) is 55.0 Å². The average molecular weight is 374 g/mol. The maximum atomic E-state index is 12.0. The molecule has 1 amide bonds. The van der Waals surface area contributed by atoms with Gasteiger partial charge in [-0.25, -0.2) is 0 Å². The summed E-state index contributed by atoms with van der Waals surface area (Å²) in [7, 11) is 0. The quantitative estimate of drug-likeness (QED) is 0.810. The molecule has 2 N–H and O–H groups in total. The van der Waals surface area contributed by atoms with Crippen molar-refractivity contribution in [1.29, 1.82) is 0 Å². The number of nitrogens with two attached hydrogens (primary N) is 1. The number of halogens is 1. The van der Waals surface area contributed by atoms with Gasteiger partial charge in [0.25, 0.3) is 0 Å². The predicted molar refractivity (Wildman–Crippen MR) is 103 cm³/mol. The van der Waals surface area contributed by atoms with E-state index in [1.54, 1.807) is 0 Å². The van der Waals surface area contributed by atoms with Crippen molar-refractivity contribution in [3.8, 4) is 5.75 Å². The van der Waals surface area contributed by atoms with Crippen LogP contribution in [0.5, 0.6) is 5.75 Å². The van der Waals surface area contributed by atoms with Crippen molar-refractivity contribution in [2.45, 2.75) is 6.04 Å². The molecule has 5 nitrogen and oxygen atoms in total. The highest BCUT2D eigenvalue weighted by Crippen LogP contribution is 2.24. The van der Waals surface area contributed by atoms with Crippen molar-refractivity contribution in [2.24, 2.45) is 5.73 Å². The Labute approximate surface area is 159 Å². The van der Waals surface area contributed by atoms with Gasteiger partial charge in [-0.3, -0.25) is 14.6 Å². The van der Waals surface area contributed by atoms with Gasteiger partial charge in [0.15, 0.2) is 0 Å². The van der Waals surface area contributed by atoms with Gasteiger partial charge in [0, 0.05) is 32.7 Å². The van der Waals surface area contributed by atoms with Crippen LogP contribution in [0, 0.1) is 0 Å². The number of rotatable bonds is 7. The smallest absolute Gasteiger partial charge is 0.239 e. The molecule has 3 rings (SSSR count). The molecule has 1 aliphatic rings. The minimum absolute atomic E-state index is 0.299. The molecule has 1 saturated heterocycles. The van der Waals surface area contributed by atoms with E-state index >= 15 is 0 Å². The van der Waals surface area contributed by atoms with E-state index in [0.717, 1.165) is 38.3 Å². The Morgan fingerprint density at radius 2 is 1.69 bits per heavy atom. The Morgan fingerprint density at radius 3 is 2.35 bits per heavy atom. The summed E-state index contributed by atoms with van der Waals surface area (Å²) in [5, 5.41) is 0.629. The van der Waals surface area contributed by atoms with Gasteiger partial charge in [-0.05, 0) is 17.7 Å². The van der Waals surface area contributed by atoms with Crippen molar-refractivity contribution in [2.75, 3.05) is 39.3 Å². The second-order valence-electron chi connectivity index (χ2n) is 6.37. The lowest BCUT2D eigenvalue weighted by molar-refractivity contribution is -0.124. The van der Waals surface area contributed by atoms with E-state index in [1.807, 2.05) is 54.6 Å². The summed E-state index contributed by atoms with van der Waals surface area (Å²) in [4.78, 5) is 16.5.